The van der Waals surface area contributed by atoms with Gasteiger partial charge >= 0.3 is 5.97 Å². The molecular weight excluding hydrogens is 520 g/mol. The molecule has 4 unspecified atom stereocenters. The topological polar surface area (TPSA) is 238 Å². The van der Waals surface area contributed by atoms with Crippen LogP contribution in [0, 0.1) is 5.92 Å². The molecule has 1 aromatic carbocycles. The molecule has 4 amide bonds. The van der Waals surface area contributed by atoms with Crippen LogP contribution in [0.4, 0.5) is 0 Å². The van der Waals surface area contributed by atoms with Gasteiger partial charge in [0.05, 0.1) is 18.8 Å². The molecule has 10 N–H and O–H groups in total. The van der Waals surface area contributed by atoms with Gasteiger partial charge in [0.1, 0.15) is 18.1 Å². The van der Waals surface area contributed by atoms with Gasteiger partial charge in [-0.15, -0.1) is 0 Å². The van der Waals surface area contributed by atoms with E-state index in [0.717, 1.165) is 10.9 Å². The van der Waals surface area contributed by atoms with E-state index in [1.807, 2.05) is 24.3 Å². The Labute approximate surface area is 229 Å². The van der Waals surface area contributed by atoms with E-state index in [4.69, 9.17) is 11.5 Å². The van der Waals surface area contributed by atoms with Gasteiger partial charge in [0.15, 0.2) is 0 Å². The number of carbonyl (C=O) groups is 5. The average Bonchev–Trinajstić information content (AvgIpc) is 3.56. The number of para-hydroxylation sites is 1. The van der Waals surface area contributed by atoms with Crippen molar-refractivity contribution in [3.05, 3.63) is 54.2 Å². The van der Waals surface area contributed by atoms with E-state index >= 15 is 0 Å². The molecule has 3 aromatic rings. The number of nitrogens with one attached hydrogen (secondary N) is 5. The first-order valence-electron chi connectivity index (χ1n) is 12.7. The number of benzene rings is 1. The fraction of sp³-hybridized carbons (Fsp3) is 0.385. The predicted octanol–water partition coefficient (Wildman–Crippen LogP) is -0.926. The number of H-pyrrole nitrogens is 2. The molecule has 0 bridgehead atoms. The summed E-state index contributed by atoms with van der Waals surface area (Å²) >= 11 is 0. The Balaban J connectivity index is 1.87. The molecule has 0 fully saturated rings. The first-order chi connectivity index (χ1) is 19.0. The van der Waals surface area contributed by atoms with Crippen molar-refractivity contribution in [1.29, 1.82) is 0 Å². The summed E-state index contributed by atoms with van der Waals surface area (Å²) in [6.45, 7) is 3.44. The van der Waals surface area contributed by atoms with Crippen LogP contribution in [0.5, 0.6) is 0 Å². The van der Waals surface area contributed by atoms with E-state index in [1.165, 1.54) is 12.5 Å². The summed E-state index contributed by atoms with van der Waals surface area (Å²) in [5.74, 6) is -4.71. The van der Waals surface area contributed by atoms with Gasteiger partial charge in [-0.05, 0) is 17.5 Å². The van der Waals surface area contributed by atoms with Crippen LogP contribution in [0.1, 0.15) is 31.5 Å². The lowest BCUT2D eigenvalue weighted by Crippen LogP contribution is -2.58. The molecule has 0 saturated heterocycles. The van der Waals surface area contributed by atoms with E-state index in [0.29, 0.717) is 11.3 Å². The van der Waals surface area contributed by atoms with Crippen molar-refractivity contribution in [2.45, 2.75) is 57.3 Å². The van der Waals surface area contributed by atoms with Gasteiger partial charge in [-0.25, -0.2) is 9.78 Å². The molecule has 2 aromatic heterocycles. The van der Waals surface area contributed by atoms with Crippen molar-refractivity contribution in [1.82, 2.24) is 30.9 Å². The smallest absolute Gasteiger partial charge is 0.326 e. The molecule has 0 aliphatic rings. The minimum Gasteiger partial charge on any atom is -0.480 e. The van der Waals surface area contributed by atoms with Crippen LogP contribution in [0.25, 0.3) is 10.9 Å². The lowest BCUT2D eigenvalue weighted by molar-refractivity contribution is -0.142. The summed E-state index contributed by atoms with van der Waals surface area (Å²) in [7, 11) is 0. The Morgan fingerprint density at radius 1 is 0.925 bits per heavy atom. The Kier molecular flexibility index (Phi) is 9.97. The second-order valence-electron chi connectivity index (χ2n) is 9.81. The maximum absolute atomic E-state index is 13.4. The second kappa shape index (κ2) is 13.4. The molecule has 4 atom stereocenters. The molecule has 2 heterocycles. The number of nitrogens with two attached hydrogens (primary N) is 2. The van der Waals surface area contributed by atoms with E-state index in [9.17, 15) is 29.1 Å². The third kappa shape index (κ3) is 7.89. The standard InChI is InChI=1S/C26H34N8O6/c1-13(2)22(28)25(38)33-19(9-21(27)35)24(37)32-18(7-14-10-30-17-6-4-3-5-16(14)17)23(36)34-20(26(39)40)8-15-11-29-12-31-15/h3-6,10-13,18-20,22,30H,7-9,28H2,1-2H3,(H2,27,35)(H,29,31)(H,32,37)(H,33,38)(H,34,36)(H,39,40). The summed E-state index contributed by atoms with van der Waals surface area (Å²) in [6.07, 6.45) is 3.85. The lowest BCUT2D eigenvalue weighted by atomic mass is 10.0. The molecule has 3 rings (SSSR count). The zero-order valence-electron chi connectivity index (χ0n) is 22.1. The third-order valence-electron chi connectivity index (χ3n) is 6.38. The van der Waals surface area contributed by atoms with Crippen molar-refractivity contribution in [3.8, 4) is 0 Å². The van der Waals surface area contributed by atoms with Gasteiger partial charge in [0.25, 0.3) is 0 Å². The number of carbonyl (C=O) groups excluding carboxylic acids is 4. The van der Waals surface area contributed by atoms with Crippen LogP contribution in [-0.2, 0) is 36.8 Å². The summed E-state index contributed by atoms with van der Waals surface area (Å²) in [6, 6.07) is 2.35. The number of amides is 4. The minimum atomic E-state index is -1.41. The van der Waals surface area contributed by atoms with Gasteiger partial charge in [0.2, 0.25) is 23.6 Å². The molecule has 40 heavy (non-hydrogen) atoms. The van der Waals surface area contributed by atoms with Crippen molar-refractivity contribution in [2.75, 3.05) is 0 Å². The molecule has 0 aliphatic carbocycles. The Hall–Kier alpha value is -4.72. The minimum absolute atomic E-state index is 0.0271. The fourth-order valence-corrected chi connectivity index (χ4v) is 4.07. The number of rotatable bonds is 14. The highest BCUT2D eigenvalue weighted by Crippen LogP contribution is 2.19. The number of aromatic amines is 2. The molecule has 14 nitrogen and oxygen atoms in total. The SMILES string of the molecule is CC(C)C(N)C(=O)NC(CC(N)=O)C(=O)NC(Cc1c[nH]c2ccccc12)C(=O)NC(Cc1cnc[nH]1)C(=O)O. The average molecular weight is 555 g/mol. The number of aromatic nitrogens is 3. The van der Waals surface area contributed by atoms with Crippen LogP contribution in [0.3, 0.4) is 0 Å². The number of hydrogen-bond donors (Lipinski definition) is 8. The van der Waals surface area contributed by atoms with Crippen LogP contribution in [0.2, 0.25) is 0 Å². The number of aliphatic carboxylic acids is 1. The van der Waals surface area contributed by atoms with Gasteiger partial charge in [-0.1, -0.05) is 32.0 Å². The molecule has 14 heteroatoms. The zero-order chi connectivity index (χ0) is 29.4. The molecule has 0 radical (unpaired) electrons. The van der Waals surface area contributed by atoms with Gasteiger partial charge in [-0.3, -0.25) is 19.2 Å². The third-order valence-corrected chi connectivity index (χ3v) is 6.38. The highest BCUT2D eigenvalue weighted by Gasteiger charge is 2.32. The molecule has 214 valence electrons. The van der Waals surface area contributed by atoms with Crippen LogP contribution < -0.4 is 27.4 Å². The number of hydrogen-bond acceptors (Lipinski definition) is 7. The highest BCUT2D eigenvalue weighted by atomic mass is 16.4. The first kappa shape index (κ1) is 29.8. The van der Waals surface area contributed by atoms with Gasteiger partial charge in [-0.2, -0.15) is 0 Å². The molecule has 0 aliphatic heterocycles. The van der Waals surface area contributed by atoms with Crippen molar-refractivity contribution < 1.29 is 29.1 Å². The Morgan fingerprint density at radius 3 is 2.20 bits per heavy atom. The Morgan fingerprint density at radius 2 is 1.57 bits per heavy atom. The van der Waals surface area contributed by atoms with E-state index in [-0.39, 0.29) is 18.8 Å². The molecule has 0 spiro atoms. The summed E-state index contributed by atoms with van der Waals surface area (Å²) < 4.78 is 0. The number of carboxylic acid groups (broad SMARTS) is 1. The van der Waals surface area contributed by atoms with Crippen molar-refractivity contribution in [3.63, 3.8) is 0 Å². The summed E-state index contributed by atoms with van der Waals surface area (Å²) in [4.78, 5) is 72.6. The quantitative estimate of drug-likeness (QED) is 0.124. The predicted molar refractivity (Wildman–Crippen MR) is 144 cm³/mol. The van der Waals surface area contributed by atoms with Crippen LogP contribution in [-0.4, -0.2) is 73.8 Å². The second-order valence-corrected chi connectivity index (χ2v) is 9.81. The fourth-order valence-electron chi connectivity index (χ4n) is 4.07. The van der Waals surface area contributed by atoms with E-state index in [2.05, 4.69) is 30.9 Å². The highest BCUT2D eigenvalue weighted by molar-refractivity contribution is 5.96. The number of fused-ring (bicyclic) bond motifs is 1. The maximum atomic E-state index is 13.4. The summed E-state index contributed by atoms with van der Waals surface area (Å²) in [5, 5.41) is 18.0. The zero-order valence-corrected chi connectivity index (χ0v) is 22.1. The summed E-state index contributed by atoms with van der Waals surface area (Å²) in [5.41, 5.74) is 13.1. The van der Waals surface area contributed by atoms with Crippen LogP contribution in [0.15, 0.2) is 43.0 Å². The van der Waals surface area contributed by atoms with Gasteiger partial charge < -0.3 is 42.5 Å². The van der Waals surface area contributed by atoms with E-state index < -0.39 is 60.2 Å². The lowest BCUT2D eigenvalue weighted by Gasteiger charge is -2.25. The maximum Gasteiger partial charge on any atom is 0.326 e. The molecule has 0 saturated carbocycles. The van der Waals surface area contributed by atoms with E-state index in [1.54, 1.807) is 20.0 Å². The van der Waals surface area contributed by atoms with Crippen molar-refractivity contribution >= 4 is 40.5 Å². The molecular formula is C26H34N8O6. The van der Waals surface area contributed by atoms with Gasteiger partial charge in [0, 0.05) is 41.8 Å². The first-order valence-corrected chi connectivity index (χ1v) is 12.7. The monoisotopic (exact) mass is 554 g/mol. The number of imidazole rings is 1. The largest absolute Gasteiger partial charge is 0.480 e. The number of primary amides is 1. The number of nitrogens with zero attached hydrogens (tertiary/aromatic N) is 1. The van der Waals surface area contributed by atoms with Crippen molar-refractivity contribution in [2.24, 2.45) is 17.4 Å². The van der Waals surface area contributed by atoms with Crippen LogP contribution >= 0.6 is 0 Å². The Bertz CT molecular complexity index is 1350. The normalized spacial score (nSPS) is 14.2. The number of carboxylic acids is 1.